The Labute approximate surface area is 87.3 Å². The van der Waals surface area contributed by atoms with Crippen LogP contribution in [0.3, 0.4) is 0 Å². The number of hydrogen-bond donors (Lipinski definition) is 0. The summed E-state index contributed by atoms with van der Waals surface area (Å²) in [6.07, 6.45) is 11.2. The maximum Gasteiger partial charge on any atom is 0.0700 e. The smallest absolute Gasteiger partial charge is 0.0700 e. The first-order chi connectivity index (χ1) is 6.93. The zero-order valence-corrected chi connectivity index (χ0v) is 9.21. The minimum Gasteiger partial charge on any atom is -0.382 e. The first-order valence-electron chi connectivity index (χ1n) is 5.67. The van der Waals surface area contributed by atoms with Gasteiger partial charge in [0, 0.05) is 13.0 Å². The topological polar surface area (TPSA) is 18.5 Å². The van der Waals surface area contributed by atoms with E-state index in [1.165, 1.54) is 32.1 Å². The molecule has 1 rings (SSSR count). The van der Waals surface area contributed by atoms with Gasteiger partial charge in [-0.05, 0) is 19.3 Å². The van der Waals surface area contributed by atoms with E-state index >= 15 is 0 Å². The molecule has 0 saturated carbocycles. The summed E-state index contributed by atoms with van der Waals surface area (Å²) in [5, 5.41) is 0. The number of rotatable bonds is 5. The summed E-state index contributed by atoms with van der Waals surface area (Å²) in [6, 6.07) is 0. The lowest BCUT2D eigenvalue weighted by molar-refractivity contribution is 0.0569. The second kappa shape index (κ2) is 8.01. The molecule has 0 aromatic carbocycles. The Morgan fingerprint density at radius 2 is 2.14 bits per heavy atom. The molecule has 1 unspecified atom stereocenters. The van der Waals surface area contributed by atoms with E-state index in [1.54, 1.807) is 7.11 Å². The first-order valence-corrected chi connectivity index (χ1v) is 5.67. The van der Waals surface area contributed by atoms with Crippen molar-refractivity contribution in [2.45, 2.75) is 32.1 Å². The SMILES string of the molecule is COCCOCC1C=CCCCCC1. The second-order valence-electron chi connectivity index (χ2n) is 3.89. The third-order valence-electron chi connectivity index (χ3n) is 2.62. The van der Waals surface area contributed by atoms with Crippen LogP contribution in [-0.4, -0.2) is 26.9 Å². The molecule has 1 aliphatic carbocycles. The van der Waals surface area contributed by atoms with E-state index in [4.69, 9.17) is 9.47 Å². The largest absolute Gasteiger partial charge is 0.382 e. The average Bonchev–Trinajstić information content (AvgIpc) is 2.15. The quantitative estimate of drug-likeness (QED) is 0.499. The number of methoxy groups -OCH3 is 1. The molecule has 82 valence electrons. The van der Waals surface area contributed by atoms with Crippen molar-refractivity contribution in [3.63, 3.8) is 0 Å². The van der Waals surface area contributed by atoms with Crippen LogP contribution in [0.4, 0.5) is 0 Å². The Morgan fingerprint density at radius 3 is 3.00 bits per heavy atom. The number of allylic oxidation sites excluding steroid dienone is 1. The van der Waals surface area contributed by atoms with Crippen LogP contribution < -0.4 is 0 Å². The first kappa shape index (κ1) is 11.7. The molecule has 14 heavy (non-hydrogen) atoms. The summed E-state index contributed by atoms with van der Waals surface area (Å²) in [5.41, 5.74) is 0. The van der Waals surface area contributed by atoms with Crippen LogP contribution in [0, 0.1) is 5.92 Å². The number of ether oxygens (including phenoxy) is 2. The van der Waals surface area contributed by atoms with Gasteiger partial charge in [0.15, 0.2) is 0 Å². The number of hydrogen-bond acceptors (Lipinski definition) is 2. The molecule has 2 heteroatoms. The van der Waals surface area contributed by atoms with Crippen molar-refractivity contribution in [3.05, 3.63) is 12.2 Å². The van der Waals surface area contributed by atoms with Crippen molar-refractivity contribution in [3.8, 4) is 0 Å². The summed E-state index contributed by atoms with van der Waals surface area (Å²) >= 11 is 0. The molecule has 1 aliphatic rings. The maximum absolute atomic E-state index is 5.53. The van der Waals surface area contributed by atoms with Gasteiger partial charge in [-0.1, -0.05) is 25.0 Å². The van der Waals surface area contributed by atoms with E-state index in [0.717, 1.165) is 13.2 Å². The molecule has 0 heterocycles. The molecule has 0 aromatic rings. The highest BCUT2D eigenvalue weighted by molar-refractivity contribution is 4.89. The second-order valence-corrected chi connectivity index (χ2v) is 3.89. The molecule has 0 spiro atoms. The van der Waals surface area contributed by atoms with Gasteiger partial charge in [0.1, 0.15) is 0 Å². The zero-order valence-electron chi connectivity index (χ0n) is 9.21. The lowest BCUT2D eigenvalue weighted by atomic mass is 9.97. The molecular weight excluding hydrogens is 176 g/mol. The standard InChI is InChI=1S/C12H22O2/c1-13-9-10-14-11-12-7-5-3-2-4-6-8-12/h5,7,12H,2-4,6,8-11H2,1H3. The fourth-order valence-corrected chi connectivity index (χ4v) is 1.75. The molecule has 0 bridgehead atoms. The van der Waals surface area contributed by atoms with Crippen molar-refractivity contribution < 1.29 is 9.47 Å². The molecule has 0 amide bonds. The molecule has 0 fully saturated rings. The Bertz CT molecular complexity index is 154. The highest BCUT2D eigenvalue weighted by Gasteiger charge is 2.06. The van der Waals surface area contributed by atoms with Gasteiger partial charge in [-0.2, -0.15) is 0 Å². The molecule has 1 atom stereocenters. The van der Waals surface area contributed by atoms with Gasteiger partial charge >= 0.3 is 0 Å². The van der Waals surface area contributed by atoms with E-state index in [2.05, 4.69) is 12.2 Å². The Balaban J connectivity index is 2.10. The van der Waals surface area contributed by atoms with Crippen molar-refractivity contribution in [2.24, 2.45) is 5.92 Å². The van der Waals surface area contributed by atoms with Gasteiger partial charge < -0.3 is 9.47 Å². The highest BCUT2D eigenvalue weighted by atomic mass is 16.5. The summed E-state index contributed by atoms with van der Waals surface area (Å²) in [6.45, 7) is 2.29. The fraction of sp³-hybridized carbons (Fsp3) is 0.833. The molecule has 0 N–H and O–H groups in total. The Hall–Kier alpha value is -0.340. The summed E-state index contributed by atoms with van der Waals surface area (Å²) in [4.78, 5) is 0. The normalized spacial score (nSPS) is 23.1. The van der Waals surface area contributed by atoms with Crippen molar-refractivity contribution >= 4 is 0 Å². The molecular formula is C12H22O2. The predicted molar refractivity (Wildman–Crippen MR) is 58.4 cm³/mol. The van der Waals surface area contributed by atoms with Gasteiger partial charge in [-0.25, -0.2) is 0 Å². The molecule has 0 radical (unpaired) electrons. The molecule has 0 aliphatic heterocycles. The van der Waals surface area contributed by atoms with Crippen LogP contribution in [0.1, 0.15) is 32.1 Å². The van der Waals surface area contributed by atoms with Crippen LogP contribution in [0.2, 0.25) is 0 Å². The predicted octanol–water partition coefficient (Wildman–Crippen LogP) is 2.79. The van der Waals surface area contributed by atoms with E-state index in [-0.39, 0.29) is 0 Å². The summed E-state index contributed by atoms with van der Waals surface area (Å²) < 4.78 is 10.5. The van der Waals surface area contributed by atoms with Crippen LogP contribution >= 0.6 is 0 Å². The lowest BCUT2D eigenvalue weighted by Crippen LogP contribution is -2.11. The average molecular weight is 198 g/mol. The summed E-state index contributed by atoms with van der Waals surface area (Å²) in [7, 11) is 1.71. The highest BCUT2D eigenvalue weighted by Crippen LogP contribution is 2.16. The third kappa shape index (κ3) is 5.40. The van der Waals surface area contributed by atoms with Crippen molar-refractivity contribution in [1.82, 2.24) is 0 Å². The molecule has 0 saturated heterocycles. The zero-order chi connectivity index (χ0) is 10.1. The van der Waals surface area contributed by atoms with Gasteiger partial charge in [0.25, 0.3) is 0 Å². The van der Waals surface area contributed by atoms with E-state index < -0.39 is 0 Å². The summed E-state index contributed by atoms with van der Waals surface area (Å²) in [5.74, 6) is 0.632. The molecule has 2 nitrogen and oxygen atoms in total. The minimum absolute atomic E-state index is 0.632. The van der Waals surface area contributed by atoms with Crippen molar-refractivity contribution in [2.75, 3.05) is 26.9 Å². The van der Waals surface area contributed by atoms with Gasteiger partial charge in [0.2, 0.25) is 0 Å². The Morgan fingerprint density at radius 1 is 1.21 bits per heavy atom. The van der Waals surface area contributed by atoms with Crippen molar-refractivity contribution in [1.29, 1.82) is 0 Å². The van der Waals surface area contributed by atoms with E-state index in [9.17, 15) is 0 Å². The van der Waals surface area contributed by atoms with E-state index in [1.807, 2.05) is 0 Å². The third-order valence-corrected chi connectivity index (χ3v) is 2.62. The monoisotopic (exact) mass is 198 g/mol. The maximum atomic E-state index is 5.53. The van der Waals surface area contributed by atoms with Crippen LogP contribution in [-0.2, 0) is 9.47 Å². The molecule has 0 aromatic heterocycles. The van der Waals surface area contributed by atoms with Gasteiger partial charge in [0.05, 0.1) is 19.8 Å². The van der Waals surface area contributed by atoms with E-state index in [0.29, 0.717) is 12.5 Å². The van der Waals surface area contributed by atoms with Gasteiger partial charge in [-0.3, -0.25) is 0 Å². The minimum atomic E-state index is 0.632. The lowest BCUT2D eigenvalue weighted by Gasteiger charge is -2.15. The van der Waals surface area contributed by atoms with Crippen LogP contribution in [0.15, 0.2) is 12.2 Å². The van der Waals surface area contributed by atoms with Crippen LogP contribution in [0.5, 0.6) is 0 Å². The van der Waals surface area contributed by atoms with Gasteiger partial charge in [-0.15, -0.1) is 0 Å². The Kier molecular flexibility index (Phi) is 6.71. The fourth-order valence-electron chi connectivity index (χ4n) is 1.75. The van der Waals surface area contributed by atoms with Crippen LogP contribution in [0.25, 0.3) is 0 Å².